The van der Waals surface area contributed by atoms with Crippen molar-refractivity contribution in [1.29, 1.82) is 0 Å². The van der Waals surface area contributed by atoms with Crippen molar-refractivity contribution in [3.63, 3.8) is 0 Å². The molecule has 0 spiro atoms. The molecule has 106 valence electrons. The highest BCUT2D eigenvalue weighted by atomic mass is 31.2. The zero-order valence-corrected chi connectivity index (χ0v) is 12.9. The number of nitrogens with one attached hydrogen (secondary N) is 1. The Morgan fingerprint density at radius 3 is 2.15 bits per heavy atom. The van der Waals surface area contributed by atoms with Crippen LogP contribution in [0.5, 0.6) is 5.75 Å². The molecular weight excluding hydrogens is 269 g/mol. The van der Waals surface area contributed by atoms with Gasteiger partial charge in [0.25, 0.3) is 0 Å². The van der Waals surface area contributed by atoms with Crippen LogP contribution in [0.1, 0.15) is 25.3 Å². The molecule has 0 bridgehead atoms. The lowest BCUT2D eigenvalue weighted by Crippen LogP contribution is -2.02. The highest BCUT2D eigenvalue weighted by Crippen LogP contribution is 2.43. The first-order valence-corrected chi connectivity index (χ1v) is 8.74. The fraction of sp³-hybridized carbons (Fsp3) is 0.250. The van der Waals surface area contributed by atoms with E-state index >= 15 is 0 Å². The molecular formula is C16H20NO2P. The summed E-state index contributed by atoms with van der Waals surface area (Å²) in [6.07, 6.45) is 0. The van der Waals surface area contributed by atoms with Crippen molar-refractivity contribution in [2.24, 2.45) is 0 Å². The van der Waals surface area contributed by atoms with Gasteiger partial charge >= 0.3 is 7.52 Å². The summed E-state index contributed by atoms with van der Waals surface area (Å²) in [6, 6.07) is 17.1. The van der Waals surface area contributed by atoms with Gasteiger partial charge in [0.15, 0.2) is 0 Å². The Kier molecular flexibility index (Phi) is 4.51. The van der Waals surface area contributed by atoms with Gasteiger partial charge in [-0.05, 0) is 35.7 Å². The van der Waals surface area contributed by atoms with Gasteiger partial charge in [0, 0.05) is 12.4 Å². The fourth-order valence-corrected chi connectivity index (χ4v) is 3.07. The molecule has 0 amide bonds. The minimum absolute atomic E-state index is 0.472. The average molecular weight is 289 g/mol. The van der Waals surface area contributed by atoms with Crippen molar-refractivity contribution in [1.82, 2.24) is 0 Å². The maximum absolute atomic E-state index is 12.4. The molecule has 1 atom stereocenters. The molecule has 0 aliphatic heterocycles. The second-order valence-electron chi connectivity index (χ2n) is 5.14. The molecule has 4 heteroatoms. The Balaban J connectivity index is 2.06. The standard InChI is InChI=1S/C16H20NO2P/c1-13(2)14-9-11-16(12-10-14)19-20(3,18)17-15-7-5-4-6-8-15/h4-13H,1-3H3,(H,17,18). The van der Waals surface area contributed by atoms with E-state index in [4.69, 9.17) is 4.52 Å². The summed E-state index contributed by atoms with van der Waals surface area (Å²) in [5.41, 5.74) is 2.02. The van der Waals surface area contributed by atoms with Crippen molar-refractivity contribution in [2.75, 3.05) is 11.8 Å². The molecule has 1 unspecified atom stereocenters. The van der Waals surface area contributed by atoms with Gasteiger partial charge in [-0.15, -0.1) is 0 Å². The number of anilines is 1. The Morgan fingerprint density at radius 1 is 1.00 bits per heavy atom. The van der Waals surface area contributed by atoms with Crippen LogP contribution in [0.3, 0.4) is 0 Å². The van der Waals surface area contributed by atoms with Crippen LogP contribution in [0, 0.1) is 0 Å². The first-order valence-electron chi connectivity index (χ1n) is 6.67. The number of para-hydroxylation sites is 1. The summed E-state index contributed by atoms with van der Waals surface area (Å²) in [5.74, 6) is 1.09. The number of hydrogen-bond acceptors (Lipinski definition) is 2. The third kappa shape index (κ3) is 4.14. The van der Waals surface area contributed by atoms with E-state index in [9.17, 15) is 4.57 Å². The maximum atomic E-state index is 12.4. The number of rotatable bonds is 5. The molecule has 0 heterocycles. The van der Waals surface area contributed by atoms with Crippen molar-refractivity contribution in [2.45, 2.75) is 19.8 Å². The smallest absolute Gasteiger partial charge is 0.338 e. The van der Waals surface area contributed by atoms with Gasteiger partial charge in [-0.3, -0.25) is 4.57 Å². The molecule has 0 saturated carbocycles. The van der Waals surface area contributed by atoms with E-state index in [1.165, 1.54) is 5.56 Å². The van der Waals surface area contributed by atoms with Crippen LogP contribution in [0.4, 0.5) is 5.69 Å². The monoisotopic (exact) mass is 289 g/mol. The summed E-state index contributed by atoms with van der Waals surface area (Å²) in [5, 5.41) is 2.94. The summed E-state index contributed by atoms with van der Waals surface area (Å²) >= 11 is 0. The van der Waals surface area contributed by atoms with Gasteiger partial charge in [-0.1, -0.05) is 44.2 Å². The van der Waals surface area contributed by atoms with Gasteiger partial charge in [0.1, 0.15) is 5.75 Å². The van der Waals surface area contributed by atoms with E-state index in [2.05, 4.69) is 18.9 Å². The average Bonchev–Trinajstić information content (AvgIpc) is 2.39. The third-order valence-corrected chi connectivity index (χ3v) is 4.16. The highest BCUT2D eigenvalue weighted by Gasteiger charge is 2.17. The molecule has 0 fully saturated rings. The van der Waals surface area contributed by atoms with Gasteiger partial charge in [0.05, 0.1) is 0 Å². The predicted molar refractivity (Wildman–Crippen MR) is 84.8 cm³/mol. The van der Waals surface area contributed by atoms with E-state index in [1.54, 1.807) is 6.66 Å². The van der Waals surface area contributed by atoms with Gasteiger partial charge in [-0.25, -0.2) is 0 Å². The topological polar surface area (TPSA) is 38.3 Å². The Bertz CT molecular complexity index is 594. The molecule has 0 aliphatic carbocycles. The van der Waals surface area contributed by atoms with Crippen LogP contribution in [0.25, 0.3) is 0 Å². The van der Waals surface area contributed by atoms with Gasteiger partial charge < -0.3 is 9.61 Å². The Labute approximate surface area is 120 Å². The second-order valence-corrected chi connectivity index (χ2v) is 7.24. The van der Waals surface area contributed by atoms with Crippen LogP contribution < -0.4 is 9.61 Å². The van der Waals surface area contributed by atoms with Gasteiger partial charge in [-0.2, -0.15) is 0 Å². The molecule has 0 aromatic heterocycles. The van der Waals surface area contributed by atoms with Crippen molar-refractivity contribution in [3.8, 4) is 5.75 Å². The second kappa shape index (κ2) is 6.15. The molecule has 0 saturated heterocycles. The third-order valence-electron chi connectivity index (χ3n) is 2.93. The van der Waals surface area contributed by atoms with Gasteiger partial charge in [0.2, 0.25) is 0 Å². The fourth-order valence-electron chi connectivity index (χ4n) is 1.88. The lowest BCUT2D eigenvalue weighted by molar-refractivity contribution is 0.493. The molecule has 2 rings (SSSR count). The highest BCUT2D eigenvalue weighted by molar-refractivity contribution is 7.60. The van der Waals surface area contributed by atoms with Crippen LogP contribution in [-0.4, -0.2) is 6.66 Å². The first-order chi connectivity index (χ1) is 9.46. The molecule has 0 radical (unpaired) electrons. The van der Waals surface area contributed by atoms with E-state index in [0.717, 1.165) is 5.69 Å². The largest absolute Gasteiger partial charge is 0.429 e. The van der Waals surface area contributed by atoms with Crippen LogP contribution >= 0.6 is 7.52 Å². The normalized spacial score (nSPS) is 13.8. The summed E-state index contributed by atoms with van der Waals surface area (Å²) in [6.45, 7) is 5.85. The SMILES string of the molecule is CC(C)c1ccc(OP(C)(=O)Nc2ccccc2)cc1. The maximum Gasteiger partial charge on any atom is 0.338 e. The predicted octanol–water partition coefficient (Wildman–Crippen LogP) is 5.12. The molecule has 1 N–H and O–H groups in total. The molecule has 2 aromatic carbocycles. The van der Waals surface area contributed by atoms with E-state index in [0.29, 0.717) is 11.7 Å². The number of hydrogen-bond donors (Lipinski definition) is 1. The molecule has 0 aliphatic rings. The minimum Gasteiger partial charge on any atom is -0.429 e. The summed E-state index contributed by atoms with van der Waals surface area (Å²) in [4.78, 5) is 0. The van der Waals surface area contributed by atoms with E-state index < -0.39 is 7.52 Å². The van der Waals surface area contributed by atoms with Crippen LogP contribution in [0.15, 0.2) is 54.6 Å². The van der Waals surface area contributed by atoms with Crippen LogP contribution in [-0.2, 0) is 4.57 Å². The van der Waals surface area contributed by atoms with Crippen molar-refractivity contribution < 1.29 is 9.09 Å². The van der Waals surface area contributed by atoms with E-state index in [1.807, 2.05) is 54.6 Å². The minimum atomic E-state index is -2.93. The van der Waals surface area contributed by atoms with Crippen molar-refractivity contribution in [3.05, 3.63) is 60.2 Å². The Morgan fingerprint density at radius 2 is 1.60 bits per heavy atom. The molecule has 3 nitrogen and oxygen atoms in total. The molecule has 2 aromatic rings. The Hall–Kier alpha value is -1.73. The number of benzene rings is 2. The van der Waals surface area contributed by atoms with E-state index in [-0.39, 0.29) is 0 Å². The van der Waals surface area contributed by atoms with Crippen molar-refractivity contribution >= 4 is 13.2 Å². The first kappa shape index (κ1) is 14.7. The molecule has 20 heavy (non-hydrogen) atoms. The zero-order chi connectivity index (χ0) is 14.6. The van der Waals surface area contributed by atoms with Crippen LogP contribution in [0.2, 0.25) is 0 Å². The lowest BCUT2D eigenvalue weighted by Gasteiger charge is -2.17. The summed E-state index contributed by atoms with van der Waals surface area (Å²) in [7, 11) is -2.93. The quantitative estimate of drug-likeness (QED) is 0.776. The lowest BCUT2D eigenvalue weighted by atomic mass is 10.0. The zero-order valence-electron chi connectivity index (χ0n) is 12.0. The summed E-state index contributed by atoms with van der Waals surface area (Å²) < 4.78 is 18.0.